The summed E-state index contributed by atoms with van der Waals surface area (Å²) in [6.45, 7) is 4.02. The number of hydrogen-bond donors (Lipinski definition) is 1. The van der Waals surface area contributed by atoms with Crippen molar-refractivity contribution in [3.8, 4) is 0 Å². The highest BCUT2D eigenvalue weighted by Crippen LogP contribution is 2.43. The minimum absolute atomic E-state index is 0.0541. The van der Waals surface area contributed by atoms with Crippen molar-refractivity contribution < 1.29 is 22.7 Å². The molecule has 1 aromatic rings. The number of carboxylic acids is 1. The fourth-order valence-corrected chi connectivity index (χ4v) is 5.23. The van der Waals surface area contributed by atoms with Crippen molar-refractivity contribution in [3.05, 3.63) is 24.2 Å². The van der Waals surface area contributed by atoms with Crippen molar-refractivity contribution in [2.75, 3.05) is 31.9 Å². The van der Waals surface area contributed by atoms with Crippen LogP contribution >= 0.6 is 0 Å². The van der Waals surface area contributed by atoms with Gasteiger partial charge < -0.3 is 9.52 Å². The number of carboxylic acid groups (broad SMARTS) is 1. The molecule has 0 saturated carbocycles. The molecule has 0 aliphatic carbocycles. The number of fused-ring (bicyclic) bond motifs is 1. The van der Waals surface area contributed by atoms with Gasteiger partial charge in [0.25, 0.3) is 0 Å². The molecule has 1 aromatic heterocycles. The summed E-state index contributed by atoms with van der Waals surface area (Å²) in [5.41, 5.74) is 0.145. The number of hydrogen-bond acceptors (Lipinski definition) is 5. The van der Waals surface area contributed by atoms with Gasteiger partial charge in [0, 0.05) is 44.2 Å². The molecule has 134 valence electrons. The summed E-state index contributed by atoms with van der Waals surface area (Å²) in [4.78, 5) is 14.2. The van der Waals surface area contributed by atoms with Gasteiger partial charge >= 0.3 is 5.97 Å². The second-order valence-corrected chi connectivity index (χ2v) is 9.08. The molecular formula is C16H24N2O5S. The van der Waals surface area contributed by atoms with E-state index < -0.39 is 21.4 Å². The number of carbonyl (C=O) groups is 1. The standard InChI is InChI=1S/C16H24N2O5S/c1-2-24(21,22)18-6-3-5-16(15(19)20)12-17(9-14(16)10-18)8-13-4-7-23-11-13/h4,7,11,14H,2-3,5-6,8-10,12H2,1H3,(H,19,20)/t14-,16+/m0/s1. The Morgan fingerprint density at radius 1 is 1.46 bits per heavy atom. The summed E-state index contributed by atoms with van der Waals surface area (Å²) in [7, 11) is -3.30. The molecule has 0 unspecified atom stereocenters. The molecule has 0 amide bonds. The lowest BCUT2D eigenvalue weighted by molar-refractivity contribution is -0.150. The third-order valence-corrected chi connectivity index (χ3v) is 7.24. The average molecular weight is 356 g/mol. The van der Waals surface area contributed by atoms with Crippen molar-refractivity contribution in [2.45, 2.75) is 26.3 Å². The van der Waals surface area contributed by atoms with Gasteiger partial charge in [0.1, 0.15) is 0 Å². The Morgan fingerprint density at radius 3 is 2.88 bits per heavy atom. The highest BCUT2D eigenvalue weighted by atomic mass is 32.2. The van der Waals surface area contributed by atoms with Crippen molar-refractivity contribution in [1.82, 2.24) is 9.21 Å². The van der Waals surface area contributed by atoms with Crippen LogP contribution in [0, 0.1) is 11.3 Å². The summed E-state index contributed by atoms with van der Waals surface area (Å²) >= 11 is 0. The van der Waals surface area contributed by atoms with Gasteiger partial charge in [-0.3, -0.25) is 9.69 Å². The zero-order valence-electron chi connectivity index (χ0n) is 13.8. The Morgan fingerprint density at radius 2 is 2.25 bits per heavy atom. The van der Waals surface area contributed by atoms with Gasteiger partial charge in [-0.2, -0.15) is 0 Å². The zero-order valence-corrected chi connectivity index (χ0v) is 14.7. The van der Waals surface area contributed by atoms with Gasteiger partial charge in [-0.15, -0.1) is 0 Å². The number of rotatable bonds is 5. The Hall–Kier alpha value is -1.38. The van der Waals surface area contributed by atoms with Crippen molar-refractivity contribution in [2.24, 2.45) is 11.3 Å². The zero-order chi connectivity index (χ0) is 17.4. The van der Waals surface area contributed by atoms with Gasteiger partial charge in [-0.1, -0.05) is 0 Å². The van der Waals surface area contributed by atoms with Crippen molar-refractivity contribution in [1.29, 1.82) is 0 Å². The summed E-state index contributed by atoms with van der Waals surface area (Å²) in [5.74, 6) is -0.943. The van der Waals surface area contributed by atoms with Crippen LogP contribution in [0.25, 0.3) is 0 Å². The molecule has 3 rings (SSSR count). The van der Waals surface area contributed by atoms with E-state index in [-0.39, 0.29) is 11.7 Å². The molecule has 0 radical (unpaired) electrons. The molecule has 0 spiro atoms. The molecule has 2 fully saturated rings. The molecule has 0 aromatic carbocycles. The van der Waals surface area contributed by atoms with Crippen LogP contribution in [-0.4, -0.2) is 60.6 Å². The van der Waals surface area contributed by atoms with Gasteiger partial charge in [-0.25, -0.2) is 12.7 Å². The van der Waals surface area contributed by atoms with E-state index in [1.165, 1.54) is 4.31 Å². The first-order valence-corrected chi connectivity index (χ1v) is 9.93. The topological polar surface area (TPSA) is 91.1 Å². The van der Waals surface area contributed by atoms with E-state index in [9.17, 15) is 18.3 Å². The van der Waals surface area contributed by atoms with Crippen LogP contribution < -0.4 is 0 Å². The molecule has 0 bridgehead atoms. The Labute approximate surface area is 142 Å². The maximum atomic E-state index is 12.3. The normalized spacial score (nSPS) is 29.3. The van der Waals surface area contributed by atoms with Gasteiger partial charge in [0.05, 0.1) is 23.7 Å². The summed E-state index contributed by atoms with van der Waals surface area (Å²) in [5, 5.41) is 9.90. The minimum Gasteiger partial charge on any atom is -0.481 e. The molecule has 2 aliphatic rings. The van der Waals surface area contributed by atoms with E-state index in [4.69, 9.17) is 4.42 Å². The third kappa shape index (κ3) is 3.10. The van der Waals surface area contributed by atoms with Crippen LogP contribution in [0.1, 0.15) is 25.3 Å². The Balaban J connectivity index is 1.83. The third-order valence-electron chi connectivity index (χ3n) is 5.39. The average Bonchev–Trinajstić information content (AvgIpc) is 3.11. The van der Waals surface area contributed by atoms with E-state index >= 15 is 0 Å². The lowest BCUT2D eigenvalue weighted by Gasteiger charge is -2.29. The fourth-order valence-electron chi connectivity index (χ4n) is 4.05. The van der Waals surface area contributed by atoms with E-state index in [0.717, 1.165) is 5.56 Å². The summed E-state index contributed by atoms with van der Waals surface area (Å²) < 4.78 is 31.1. The number of aliphatic carboxylic acids is 1. The highest BCUT2D eigenvalue weighted by Gasteiger charge is 2.54. The lowest BCUT2D eigenvalue weighted by Crippen LogP contribution is -2.42. The smallest absolute Gasteiger partial charge is 0.311 e. The molecule has 24 heavy (non-hydrogen) atoms. The molecule has 7 nitrogen and oxygen atoms in total. The molecule has 2 saturated heterocycles. The number of sulfonamides is 1. The van der Waals surface area contributed by atoms with E-state index in [1.54, 1.807) is 19.5 Å². The second-order valence-electron chi connectivity index (χ2n) is 6.82. The van der Waals surface area contributed by atoms with Crippen LogP contribution in [-0.2, 0) is 21.4 Å². The first-order valence-electron chi connectivity index (χ1n) is 8.32. The van der Waals surface area contributed by atoms with Crippen LogP contribution in [0.3, 0.4) is 0 Å². The molecular weight excluding hydrogens is 332 g/mol. The van der Waals surface area contributed by atoms with Gasteiger partial charge in [0.15, 0.2) is 0 Å². The highest BCUT2D eigenvalue weighted by molar-refractivity contribution is 7.89. The number of likely N-dealkylation sites (tertiary alicyclic amines) is 1. The van der Waals surface area contributed by atoms with E-state index in [0.29, 0.717) is 45.6 Å². The van der Waals surface area contributed by atoms with Crippen LogP contribution in [0.5, 0.6) is 0 Å². The van der Waals surface area contributed by atoms with Crippen molar-refractivity contribution in [3.63, 3.8) is 0 Å². The Bertz CT molecular complexity index is 687. The summed E-state index contributed by atoms with van der Waals surface area (Å²) in [6, 6.07) is 1.87. The van der Waals surface area contributed by atoms with E-state index in [2.05, 4.69) is 4.90 Å². The Kier molecular flexibility index (Phi) is 4.72. The van der Waals surface area contributed by atoms with Crippen LogP contribution in [0.15, 0.2) is 23.0 Å². The van der Waals surface area contributed by atoms with Crippen LogP contribution in [0.4, 0.5) is 0 Å². The maximum Gasteiger partial charge on any atom is 0.311 e. The molecule has 3 heterocycles. The summed E-state index contributed by atoms with van der Waals surface area (Å²) in [6.07, 6.45) is 4.37. The van der Waals surface area contributed by atoms with Gasteiger partial charge in [0.2, 0.25) is 10.0 Å². The predicted molar refractivity (Wildman–Crippen MR) is 87.8 cm³/mol. The molecule has 2 atom stereocenters. The maximum absolute atomic E-state index is 12.3. The predicted octanol–water partition coefficient (Wildman–Crippen LogP) is 1.23. The molecule has 1 N–H and O–H groups in total. The van der Waals surface area contributed by atoms with Gasteiger partial charge in [-0.05, 0) is 25.8 Å². The SMILES string of the molecule is CCS(=O)(=O)N1CCC[C@@]2(C(=O)O)CN(Cc3ccoc3)C[C@H]2C1. The van der Waals surface area contributed by atoms with Crippen molar-refractivity contribution >= 4 is 16.0 Å². The fraction of sp³-hybridized carbons (Fsp3) is 0.688. The quantitative estimate of drug-likeness (QED) is 0.853. The largest absolute Gasteiger partial charge is 0.481 e. The number of nitrogens with zero attached hydrogens (tertiary/aromatic N) is 2. The lowest BCUT2D eigenvalue weighted by atomic mass is 9.75. The minimum atomic E-state index is -3.30. The van der Waals surface area contributed by atoms with E-state index in [1.807, 2.05) is 6.07 Å². The molecule has 2 aliphatic heterocycles. The first kappa shape index (κ1) is 17.4. The molecule has 8 heteroatoms. The second kappa shape index (κ2) is 6.50. The first-order chi connectivity index (χ1) is 11.4. The monoisotopic (exact) mass is 356 g/mol. The number of furan rings is 1. The van der Waals surface area contributed by atoms with Crippen LogP contribution in [0.2, 0.25) is 0 Å².